The lowest BCUT2D eigenvalue weighted by molar-refractivity contribution is 0.575. The number of rotatable bonds is 8. The standard InChI is InChI=1S/C14H21N3O2S2/c1-20-14(6-7-14)10-17-21(18,19)13-5-2-11(9-16-13)8-15-12-3-4-12/h2,5,9,12,15,17H,3-4,6-8,10H2,1H3. The van der Waals surface area contributed by atoms with Crippen LogP contribution in [0.5, 0.6) is 0 Å². The Kier molecular flexibility index (Phi) is 4.27. The molecule has 2 fully saturated rings. The fraction of sp³-hybridized carbons (Fsp3) is 0.643. The Labute approximate surface area is 130 Å². The highest BCUT2D eigenvalue weighted by Crippen LogP contribution is 2.46. The van der Waals surface area contributed by atoms with E-state index in [0.717, 1.165) is 24.9 Å². The van der Waals surface area contributed by atoms with E-state index in [1.165, 1.54) is 12.8 Å². The van der Waals surface area contributed by atoms with Crippen molar-refractivity contribution >= 4 is 21.8 Å². The molecule has 0 saturated heterocycles. The van der Waals surface area contributed by atoms with E-state index in [9.17, 15) is 8.42 Å². The summed E-state index contributed by atoms with van der Waals surface area (Å²) in [5.74, 6) is 0. The van der Waals surface area contributed by atoms with E-state index in [0.29, 0.717) is 12.6 Å². The first-order valence-corrected chi connectivity index (χ1v) is 9.97. The lowest BCUT2D eigenvalue weighted by atomic mass is 10.3. The van der Waals surface area contributed by atoms with E-state index in [1.54, 1.807) is 24.0 Å². The highest BCUT2D eigenvalue weighted by molar-refractivity contribution is 8.00. The molecule has 0 aliphatic heterocycles. The molecule has 2 aliphatic rings. The topological polar surface area (TPSA) is 71.1 Å². The molecule has 116 valence electrons. The summed E-state index contributed by atoms with van der Waals surface area (Å²) in [5.41, 5.74) is 1.02. The summed E-state index contributed by atoms with van der Waals surface area (Å²) in [6, 6.07) is 4.06. The number of thioether (sulfide) groups is 1. The molecule has 0 radical (unpaired) electrons. The lowest BCUT2D eigenvalue weighted by Crippen LogP contribution is -2.32. The minimum Gasteiger partial charge on any atom is -0.310 e. The third kappa shape index (κ3) is 3.97. The fourth-order valence-electron chi connectivity index (χ4n) is 2.12. The van der Waals surface area contributed by atoms with Gasteiger partial charge in [0.25, 0.3) is 10.0 Å². The largest absolute Gasteiger partial charge is 0.310 e. The van der Waals surface area contributed by atoms with Gasteiger partial charge in [-0.15, -0.1) is 0 Å². The summed E-state index contributed by atoms with van der Waals surface area (Å²) in [6.45, 7) is 1.24. The average Bonchev–Trinajstić information content (AvgIpc) is 3.39. The van der Waals surface area contributed by atoms with Crippen molar-refractivity contribution in [1.29, 1.82) is 0 Å². The Morgan fingerprint density at radius 2 is 2.14 bits per heavy atom. The van der Waals surface area contributed by atoms with Crippen LogP contribution in [0.1, 0.15) is 31.2 Å². The summed E-state index contributed by atoms with van der Waals surface area (Å²) < 4.78 is 27.2. The van der Waals surface area contributed by atoms with Gasteiger partial charge in [0.1, 0.15) is 0 Å². The zero-order chi connectivity index (χ0) is 14.9. The summed E-state index contributed by atoms with van der Waals surface area (Å²) >= 11 is 1.74. The smallest absolute Gasteiger partial charge is 0.258 e. The molecule has 0 unspecified atom stereocenters. The second-order valence-electron chi connectivity index (χ2n) is 5.87. The molecule has 2 N–H and O–H groups in total. The Hall–Kier alpha value is -0.630. The van der Waals surface area contributed by atoms with Crippen LogP contribution < -0.4 is 10.0 Å². The van der Waals surface area contributed by atoms with Gasteiger partial charge in [-0.05, 0) is 43.6 Å². The lowest BCUT2D eigenvalue weighted by Gasteiger charge is -2.13. The van der Waals surface area contributed by atoms with Gasteiger partial charge in [0.2, 0.25) is 0 Å². The van der Waals surface area contributed by atoms with Crippen LogP contribution in [0.3, 0.4) is 0 Å². The van der Waals surface area contributed by atoms with Gasteiger partial charge in [-0.1, -0.05) is 6.07 Å². The van der Waals surface area contributed by atoms with E-state index in [-0.39, 0.29) is 9.77 Å². The number of pyridine rings is 1. The van der Waals surface area contributed by atoms with Crippen molar-refractivity contribution in [2.75, 3.05) is 12.8 Å². The van der Waals surface area contributed by atoms with Crippen LogP contribution in [0.15, 0.2) is 23.4 Å². The first-order valence-electron chi connectivity index (χ1n) is 7.26. The van der Waals surface area contributed by atoms with Crippen molar-refractivity contribution < 1.29 is 8.42 Å². The third-order valence-electron chi connectivity index (χ3n) is 4.07. The number of nitrogens with zero attached hydrogens (tertiary/aromatic N) is 1. The van der Waals surface area contributed by atoms with Crippen molar-refractivity contribution in [2.24, 2.45) is 0 Å². The maximum Gasteiger partial charge on any atom is 0.258 e. The van der Waals surface area contributed by atoms with Crippen molar-refractivity contribution in [2.45, 2.75) is 48.0 Å². The number of sulfonamides is 1. The van der Waals surface area contributed by atoms with Crippen LogP contribution in [0.4, 0.5) is 0 Å². The Morgan fingerprint density at radius 3 is 2.67 bits per heavy atom. The van der Waals surface area contributed by atoms with Gasteiger partial charge in [0.15, 0.2) is 5.03 Å². The minimum absolute atomic E-state index is 0.106. The van der Waals surface area contributed by atoms with Crippen LogP contribution in [0, 0.1) is 0 Å². The van der Waals surface area contributed by atoms with Crippen LogP contribution in [0.25, 0.3) is 0 Å². The zero-order valence-electron chi connectivity index (χ0n) is 12.1. The normalized spacial score (nSPS) is 20.4. The van der Waals surface area contributed by atoms with Crippen LogP contribution in [0.2, 0.25) is 0 Å². The molecular weight excluding hydrogens is 306 g/mol. The molecule has 7 heteroatoms. The van der Waals surface area contributed by atoms with Crippen molar-refractivity contribution in [1.82, 2.24) is 15.0 Å². The zero-order valence-corrected chi connectivity index (χ0v) is 13.8. The van der Waals surface area contributed by atoms with Crippen molar-refractivity contribution in [3.63, 3.8) is 0 Å². The number of hydrogen-bond acceptors (Lipinski definition) is 5. The molecule has 3 rings (SSSR count). The van der Waals surface area contributed by atoms with Gasteiger partial charge >= 0.3 is 0 Å². The van der Waals surface area contributed by atoms with Crippen LogP contribution in [-0.4, -0.2) is 37.0 Å². The van der Waals surface area contributed by atoms with E-state index in [2.05, 4.69) is 15.0 Å². The molecule has 0 bridgehead atoms. The van der Waals surface area contributed by atoms with Gasteiger partial charge in [-0.25, -0.2) is 18.1 Å². The highest BCUT2D eigenvalue weighted by atomic mass is 32.2. The highest BCUT2D eigenvalue weighted by Gasteiger charge is 2.42. The summed E-state index contributed by atoms with van der Waals surface area (Å²) in [4.78, 5) is 4.10. The molecule has 21 heavy (non-hydrogen) atoms. The van der Waals surface area contributed by atoms with Crippen molar-refractivity contribution in [3.05, 3.63) is 23.9 Å². The van der Waals surface area contributed by atoms with Gasteiger partial charge in [0.05, 0.1) is 0 Å². The van der Waals surface area contributed by atoms with Gasteiger partial charge in [-0.3, -0.25) is 0 Å². The second-order valence-corrected chi connectivity index (χ2v) is 8.86. The van der Waals surface area contributed by atoms with Crippen LogP contribution >= 0.6 is 11.8 Å². The first-order chi connectivity index (χ1) is 10.0. The Bertz CT molecular complexity index is 593. The first kappa shape index (κ1) is 15.3. The maximum atomic E-state index is 12.2. The van der Waals surface area contributed by atoms with Crippen LogP contribution in [-0.2, 0) is 16.6 Å². The molecule has 5 nitrogen and oxygen atoms in total. The molecule has 0 spiro atoms. The van der Waals surface area contributed by atoms with Crippen molar-refractivity contribution in [3.8, 4) is 0 Å². The predicted molar refractivity (Wildman–Crippen MR) is 84.8 cm³/mol. The Balaban J connectivity index is 1.58. The number of nitrogens with one attached hydrogen (secondary N) is 2. The summed E-state index contributed by atoms with van der Waals surface area (Å²) in [5, 5.41) is 3.49. The predicted octanol–water partition coefficient (Wildman–Crippen LogP) is 1.51. The number of aromatic nitrogens is 1. The molecule has 0 aromatic carbocycles. The molecule has 1 aromatic rings. The molecule has 2 aliphatic carbocycles. The second kappa shape index (κ2) is 5.87. The molecule has 0 atom stereocenters. The molecule has 1 aromatic heterocycles. The fourth-order valence-corrected chi connectivity index (χ4v) is 3.99. The monoisotopic (exact) mass is 327 g/mol. The Morgan fingerprint density at radius 1 is 1.38 bits per heavy atom. The quantitative estimate of drug-likeness (QED) is 0.757. The molecule has 2 saturated carbocycles. The molecule has 0 amide bonds. The van der Waals surface area contributed by atoms with E-state index in [1.807, 2.05) is 12.3 Å². The van der Waals surface area contributed by atoms with Gasteiger partial charge in [-0.2, -0.15) is 11.8 Å². The SMILES string of the molecule is CSC1(CNS(=O)(=O)c2ccc(CNC3CC3)cn2)CC1. The van der Waals surface area contributed by atoms with E-state index in [4.69, 9.17) is 0 Å². The third-order valence-corrected chi connectivity index (χ3v) is 6.81. The summed E-state index contributed by atoms with van der Waals surface area (Å²) in [7, 11) is -3.49. The summed E-state index contributed by atoms with van der Waals surface area (Å²) in [6.07, 6.45) is 8.31. The van der Waals surface area contributed by atoms with Gasteiger partial charge < -0.3 is 5.32 Å². The number of hydrogen-bond donors (Lipinski definition) is 2. The van der Waals surface area contributed by atoms with E-state index >= 15 is 0 Å². The maximum absolute atomic E-state index is 12.2. The molecular formula is C14H21N3O2S2. The van der Waals surface area contributed by atoms with Gasteiger partial charge in [0, 0.05) is 30.1 Å². The molecule has 1 heterocycles. The van der Waals surface area contributed by atoms with E-state index < -0.39 is 10.0 Å². The average molecular weight is 327 g/mol. The minimum atomic E-state index is -3.49.